The van der Waals surface area contributed by atoms with Crippen LogP contribution >= 0.6 is 0 Å². The standard InChI is InChI=1S/C17H23N3/c1-14-4-6-18-8-9-20(12-14)13-15-2-3-17-11-19-7-5-16(17)10-15/h2-3,5,7,10-11,14,18H,4,6,8-9,12-13H2,1H3/t14-/m1/s1. The predicted molar refractivity (Wildman–Crippen MR) is 83.7 cm³/mol. The van der Waals surface area contributed by atoms with Gasteiger partial charge < -0.3 is 5.32 Å². The van der Waals surface area contributed by atoms with E-state index in [2.05, 4.69) is 46.4 Å². The molecule has 1 aromatic carbocycles. The van der Waals surface area contributed by atoms with Crippen molar-refractivity contribution in [3.63, 3.8) is 0 Å². The summed E-state index contributed by atoms with van der Waals surface area (Å²) < 4.78 is 0. The molecule has 1 aliphatic heterocycles. The number of rotatable bonds is 2. The van der Waals surface area contributed by atoms with E-state index in [0.29, 0.717) is 0 Å². The first-order valence-corrected chi connectivity index (χ1v) is 7.57. The van der Waals surface area contributed by atoms with Gasteiger partial charge in [0.2, 0.25) is 0 Å². The van der Waals surface area contributed by atoms with Crippen molar-refractivity contribution in [3.8, 4) is 0 Å². The summed E-state index contributed by atoms with van der Waals surface area (Å²) in [6, 6.07) is 8.81. The third-order valence-corrected chi connectivity index (χ3v) is 4.10. The molecule has 2 aromatic rings. The molecule has 1 fully saturated rings. The van der Waals surface area contributed by atoms with E-state index in [4.69, 9.17) is 0 Å². The fourth-order valence-corrected chi connectivity index (χ4v) is 2.97. The quantitative estimate of drug-likeness (QED) is 0.908. The lowest BCUT2D eigenvalue weighted by Crippen LogP contribution is -2.38. The minimum atomic E-state index is 0.771. The molecule has 0 amide bonds. The summed E-state index contributed by atoms with van der Waals surface area (Å²) in [5, 5.41) is 6.02. The van der Waals surface area contributed by atoms with E-state index in [9.17, 15) is 0 Å². The Hall–Kier alpha value is -1.45. The van der Waals surface area contributed by atoms with Crippen molar-refractivity contribution in [1.29, 1.82) is 0 Å². The van der Waals surface area contributed by atoms with Gasteiger partial charge in [-0.15, -0.1) is 0 Å². The van der Waals surface area contributed by atoms with Crippen molar-refractivity contribution in [3.05, 3.63) is 42.2 Å². The second-order valence-electron chi connectivity index (χ2n) is 5.94. The lowest BCUT2D eigenvalue weighted by Gasteiger charge is -2.28. The van der Waals surface area contributed by atoms with Crippen molar-refractivity contribution < 1.29 is 0 Å². The first-order chi connectivity index (χ1) is 9.81. The molecule has 2 heterocycles. The topological polar surface area (TPSA) is 28.2 Å². The molecular weight excluding hydrogens is 246 g/mol. The number of pyridine rings is 1. The number of hydrogen-bond acceptors (Lipinski definition) is 3. The van der Waals surface area contributed by atoms with Gasteiger partial charge in [-0.2, -0.15) is 0 Å². The molecule has 3 nitrogen and oxygen atoms in total. The van der Waals surface area contributed by atoms with Crippen molar-refractivity contribution in [2.24, 2.45) is 5.92 Å². The molecule has 20 heavy (non-hydrogen) atoms. The molecule has 1 atom stereocenters. The second kappa shape index (κ2) is 6.33. The number of benzene rings is 1. The molecule has 1 N–H and O–H groups in total. The summed E-state index contributed by atoms with van der Waals surface area (Å²) in [5.74, 6) is 0.771. The van der Waals surface area contributed by atoms with E-state index in [1.54, 1.807) is 0 Å². The highest BCUT2D eigenvalue weighted by Gasteiger charge is 2.13. The number of aromatic nitrogens is 1. The van der Waals surface area contributed by atoms with Crippen LogP contribution in [0.5, 0.6) is 0 Å². The highest BCUT2D eigenvalue weighted by Crippen LogP contribution is 2.17. The van der Waals surface area contributed by atoms with E-state index in [0.717, 1.165) is 32.1 Å². The van der Waals surface area contributed by atoms with E-state index in [-0.39, 0.29) is 0 Å². The van der Waals surface area contributed by atoms with Crippen LogP contribution in [0.3, 0.4) is 0 Å². The Morgan fingerprint density at radius 3 is 3.15 bits per heavy atom. The average molecular weight is 269 g/mol. The lowest BCUT2D eigenvalue weighted by molar-refractivity contribution is 0.209. The molecule has 0 aliphatic carbocycles. The SMILES string of the molecule is C[C@@H]1CCNCCN(Cc2ccc3cnccc3c2)C1. The highest BCUT2D eigenvalue weighted by atomic mass is 15.1. The smallest absolute Gasteiger partial charge is 0.0346 e. The van der Waals surface area contributed by atoms with E-state index < -0.39 is 0 Å². The van der Waals surface area contributed by atoms with E-state index in [1.807, 2.05) is 12.4 Å². The van der Waals surface area contributed by atoms with Gasteiger partial charge in [0.1, 0.15) is 0 Å². The summed E-state index contributed by atoms with van der Waals surface area (Å²) in [4.78, 5) is 6.74. The summed E-state index contributed by atoms with van der Waals surface area (Å²) in [6.07, 6.45) is 5.08. The highest BCUT2D eigenvalue weighted by molar-refractivity contribution is 5.81. The van der Waals surface area contributed by atoms with Crippen LogP contribution in [-0.2, 0) is 6.54 Å². The van der Waals surface area contributed by atoms with Gasteiger partial charge in [0.05, 0.1) is 0 Å². The number of hydrogen-bond donors (Lipinski definition) is 1. The fourth-order valence-electron chi connectivity index (χ4n) is 2.97. The fraction of sp³-hybridized carbons (Fsp3) is 0.471. The zero-order valence-electron chi connectivity index (χ0n) is 12.2. The van der Waals surface area contributed by atoms with Crippen LogP contribution in [0.1, 0.15) is 18.9 Å². The van der Waals surface area contributed by atoms with Crippen molar-refractivity contribution in [2.75, 3.05) is 26.2 Å². The van der Waals surface area contributed by atoms with Crippen LogP contribution in [0.15, 0.2) is 36.7 Å². The van der Waals surface area contributed by atoms with Crippen molar-refractivity contribution >= 4 is 10.8 Å². The molecule has 1 aliphatic rings. The van der Waals surface area contributed by atoms with Crippen LogP contribution in [0.4, 0.5) is 0 Å². The third kappa shape index (κ3) is 3.35. The summed E-state index contributed by atoms with van der Waals surface area (Å²) >= 11 is 0. The molecule has 0 bridgehead atoms. The second-order valence-corrected chi connectivity index (χ2v) is 5.94. The summed E-state index contributed by atoms with van der Waals surface area (Å²) in [5.41, 5.74) is 1.40. The van der Waals surface area contributed by atoms with Gasteiger partial charge in [0, 0.05) is 44.0 Å². The normalized spacial score (nSPS) is 21.6. The summed E-state index contributed by atoms with van der Waals surface area (Å²) in [6.45, 7) is 8.01. The maximum absolute atomic E-state index is 4.17. The summed E-state index contributed by atoms with van der Waals surface area (Å²) in [7, 11) is 0. The third-order valence-electron chi connectivity index (χ3n) is 4.10. The molecular formula is C17H23N3. The van der Waals surface area contributed by atoms with Gasteiger partial charge in [0.15, 0.2) is 0 Å². The molecule has 3 rings (SSSR count). The molecule has 0 unspecified atom stereocenters. The predicted octanol–water partition coefficient (Wildman–Crippen LogP) is 2.67. The molecule has 0 spiro atoms. The van der Waals surface area contributed by atoms with E-state index in [1.165, 1.54) is 29.3 Å². The van der Waals surface area contributed by atoms with Gasteiger partial charge >= 0.3 is 0 Å². The number of fused-ring (bicyclic) bond motifs is 1. The minimum absolute atomic E-state index is 0.771. The maximum atomic E-state index is 4.17. The average Bonchev–Trinajstić information content (AvgIpc) is 2.44. The lowest BCUT2D eigenvalue weighted by atomic mass is 10.0. The van der Waals surface area contributed by atoms with E-state index >= 15 is 0 Å². The monoisotopic (exact) mass is 269 g/mol. The van der Waals surface area contributed by atoms with Gasteiger partial charge in [-0.3, -0.25) is 9.88 Å². The van der Waals surface area contributed by atoms with Gasteiger partial charge in [-0.25, -0.2) is 0 Å². The van der Waals surface area contributed by atoms with Crippen LogP contribution in [0.25, 0.3) is 10.8 Å². The molecule has 0 radical (unpaired) electrons. The molecule has 106 valence electrons. The Labute approximate surface area is 121 Å². The van der Waals surface area contributed by atoms with Crippen molar-refractivity contribution in [2.45, 2.75) is 19.9 Å². The van der Waals surface area contributed by atoms with Gasteiger partial charge in [-0.1, -0.05) is 19.1 Å². The van der Waals surface area contributed by atoms with Crippen LogP contribution in [-0.4, -0.2) is 36.1 Å². The first-order valence-electron chi connectivity index (χ1n) is 7.57. The minimum Gasteiger partial charge on any atom is -0.315 e. The van der Waals surface area contributed by atoms with Crippen LogP contribution < -0.4 is 5.32 Å². The number of nitrogens with one attached hydrogen (secondary N) is 1. The largest absolute Gasteiger partial charge is 0.315 e. The molecule has 1 aromatic heterocycles. The maximum Gasteiger partial charge on any atom is 0.0346 e. The molecule has 3 heteroatoms. The molecule has 1 saturated heterocycles. The van der Waals surface area contributed by atoms with Crippen LogP contribution in [0, 0.1) is 5.92 Å². The van der Waals surface area contributed by atoms with Crippen molar-refractivity contribution in [1.82, 2.24) is 15.2 Å². The van der Waals surface area contributed by atoms with Gasteiger partial charge in [-0.05, 0) is 42.0 Å². The molecule has 0 saturated carbocycles. The zero-order valence-corrected chi connectivity index (χ0v) is 12.2. The Morgan fingerprint density at radius 2 is 2.20 bits per heavy atom. The van der Waals surface area contributed by atoms with Gasteiger partial charge in [0.25, 0.3) is 0 Å². The Bertz CT molecular complexity index is 567. The Kier molecular flexibility index (Phi) is 4.28. The van der Waals surface area contributed by atoms with Crippen LogP contribution in [0.2, 0.25) is 0 Å². The Balaban J connectivity index is 1.73. The first kappa shape index (κ1) is 13.5. The number of nitrogens with zero attached hydrogens (tertiary/aromatic N) is 2. The zero-order chi connectivity index (χ0) is 13.8. The Morgan fingerprint density at radius 1 is 1.25 bits per heavy atom.